The maximum atomic E-state index is 2.12. The van der Waals surface area contributed by atoms with Crippen LogP contribution < -0.4 is 0 Å². The summed E-state index contributed by atoms with van der Waals surface area (Å²) in [6, 6.07) is 12.0. The van der Waals surface area contributed by atoms with Gasteiger partial charge in [-0.2, -0.15) is 0 Å². The molecule has 0 aromatic heterocycles. The van der Waals surface area contributed by atoms with E-state index in [9.17, 15) is 0 Å². The molecule has 1 aromatic carbocycles. The van der Waals surface area contributed by atoms with Crippen molar-refractivity contribution in [2.45, 2.75) is 6.92 Å². The van der Waals surface area contributed by atoms with E-state index in [0.29, 0.717) is 0 Å². The van der Waals surface area contributed by atoms with Crippen molar-refractivity contribution in [2.24, 2.45) is 0 Å². The summed E-state index contributed by atoms with van der Waals surface area (Å²) in [5.41, 5.74) is 0. The monoisotopic (exact) mass is 255 g/mol. The van der Waals surface area contributed by atoms with Gasteiger partial charge in [-0.25, -0.2) is 0 Å². The zero-order valence-electron chi connectivity index (χ0n) is 9.20. The SMILES string of the molecule is CCN(C)C.[CH3-].[Y].c1ccccc1. The summed E-state index contributed by atoms with van der Waals surface area (Å²) in [5.74, 6) is 0. The summed E-state index contributed by atoms with van der Waals surface area (Å²) in [4.78, 5) is 2.12. The Balaban J connectivity index is -0.000000136. The summed E-state index contributed by atoms with van der Waals surface area (Å²) < 4.78 is 0. The maximum absolute atomic E-state index is 2.12. The van der Waals surface area contributed by atoms with Gasteiger partial charge in [-0.1, -0.05) is 43.3 Å². The van der Waals surface area contributed by atoms with E-state index in [1.807, 2.05) is 36.4 Å². The normalized spacial score (nSPS) is 7.38. The van der Waals surface area contributed by atoms with E-state index in [1.165, 1.54) is 0 Å². The van der Waals surface area contributed by atoms with Crippen molar-refractivity contribution in [3.8, 4) is 0 Å². The molecule has 1 rings (SSSR count). The standard InChI is InChI=1S/C6H6.C4H11N.CH3.Y/c1-2-4-6-5-3-1;1-4-5(2)3;;/h1-6H;4H2,1-3H3;1H3;/q;;-1;. The molecule has 0 heterocycles. The molecule has 0 atom stereocenters. The first kappa shape index (κ1) is 19.0. The van der Waals surface area contributed by atoms with Gasteiger partial charge in [0, 0.05) is 32.7 Å². The molecule has 0 saturated carbocycles. The Labute approximate surface area is 108 Å². The molecule has 0 bridgehead atoms. The Morgan fingerprint density at radius 1 is 0.846 bits per heavy atom. The molecule has 0 amide bonds. The molecular formula is C11H20NY-. The van der Waals surface area contributed by atoms with Gasteiger partial charge in [0.15, 0.2) is 0 Å². The molecule has 1 radical (unpaired) electrons. The van der Waals surface area contributed by atoms with Crippen molar-refractivity contribution in [2.75, 3.05) is 20.6 Å². The molecule has 0 aliphatic heterocycles. The third-order valence-corrected chi connectivity index (χ3v) is 1.30. The topological polar surface area (TPSA) is 3.24 Å². The molecule has 1 aromatic rings. The van der Waals surface area contributed by atoms with Crippen LogP contribution in [0.4, 0.5) is 0 Å². The van der Waals surface area contributed by atoms with Gasteiger partial charge in [-0.15, -0.1) is 0 Å². The van der Waals surface area contributed by atoms with Gasteiger partial charge >= 0.3 is 0 Å². The van der Waals surface area contributed by atoms with Crippen molar-refractivity contribution in [1.82, 2.24) is 4.90 Å². The zero-order valence-corrected chi connectivity index (χ0v) is 12.0. The van der Waals surface area contributed by atoms with Crippen LogP contribution >= 0.6 is 0 Å². The Morgan fingerprint density at radius 2 is 1.00 bits per heavy atom. The largest absolute Gasteiger partial charge is 0.358 e. The van der Waals surface area contributed by atoms with Crippen LogP contribution in [-0.4, -0.2) is 25.5 Å². The average molecular weight is 255 g/mol. The molecule has 13 heavy (non-hydrogen) atoms. The summed E-state index contributed by atoms with van der Waals surface area (Å²) in [5, 5.41) is 0. The van der Waals surface area contributed by atoms with Gasteiger partial charge in [0.25, 0.3) is 0 Å². The van der Waals surface area contributed by atoms with E-state index >= 15 is 0 Å². The number of nitrogens with zero attached hydrogens (tertiary/aromatic N) is 1. The third kappa shape index (κ3) is 18.9. The third-order valence-electron chi connectivity index (χ3n) is 1.30. The van der Waals surface area contributed by atoms with Crippen molar-refractivity contribution in [3.05, 3.63) is 43.8 Å². The number of hydrogen-bond acceptors (Lipinski definition) is 1. The van der Waals surface area contributed by atoms with Gasteiger partial charge in [0.1, 0.15) is 0 Å². The molecule has 0 unspecified atom stereocenters. The molecule has 0 spiro atoms. The Kier molecular flexibility index (Phi) is 21.6. The Bertz CT molecular complexity index is 125. The molecular weight excluding hydrogens is 235 g/mol. The summed E-state index contributed by atoms with van der Waals surface area (Å²) in [6.07, 6.45) is 0. The first-order valence-corrected chi connectivity index (χ1v) is 3.92. The second-order valence-electron chi connectivity index (χ2n) is 2.55. The fourth-order valence-corrected chi connectivity index (χ4v) is 0.385. The molecule has 1 nitrogen and oxygen atoms in total. The minimum atomic E-state index is 0. The predicted octanol–water partition coefficient (Wildman–Crippen LogP) is 2.70. The van der Waals surface area contributed by atoms with Crippen LogP contribution in [-0.2, 0) is 32.7 Å². The van der Waals surface area contributed by atoms with Crippen LogP contribution in [0.3, 0.4) is 0 Å². The van der Waals surface area contributed by atoms with E-state index in [2.05, 4.69) is 25.9 Å². The van der Waals surface area contributed by atoms with Crippen molar-refractivity contribution < 1.29 is 32.7 Å². The van der Waals surface area contributed by atoms with E-state index in [4.69, 9.17) is 0 Å². The molecule has 0 aliphatic carbocycles. The van der Waals surface area contributed by atoms with Gasteiger partial charge in [0.05, 0.1) is 0 Å². The molecule has 2 heteroatoms. The summed E-state index contributed by atoms with van der Waals surface area (Å²) >= 11 is 0. The molecule has 0 saturated heterocycles. The first-order valence-electron chi connectivity index (χ1n) is 3.92. The number of hydrogen-bond donors (Lipinski definition) is 0. The fourth-order valence-electron chi connectivity index (χ4n) is 0.385. The second kappa shape index (κ2) is 14.8. The molecule has 0 N–H and O–H groups in total. The minimum Gasteiger partial charge on any atom is -0.358 e. The van der Waals surface area contributed by atoms with Crippen LogP contribution in [0.5, 0.6) is 0 Å². The van der Waals surface area contributed by atoms with E-state index in [0.717, 1.165) is 6.54 Å². The Hall–Kier alpha value is 0.284. The maximum Gasteiger partial charge on any atom is 0 e. The molecule has 0 fully saturated rings. The molecule has 0 aliphatic rings. The Morgan fingerprint density at radius 3 is 1.08 bits per heavy atom. The van der Waals surface area contributed by atoms with E-state index in [1.54, 1.807) is 0 Å². The fraction of sp³-hybridized carbons (Fsp3) is 0.364. The van der Waals surface area contributed by atoms with Gasteiger partial charge in [-0.05, 0) is 20.6 Å². The van der Waals surface area contributed by atoms with Crippen LogP contribution in [0, 0.1) is 7.43 Å². The zero-order chi connectivity index (χ0) is 8.53. The summed E-state index contributed by atoms with van der Waals surface area (Å²) in [7, 11) is 4.11. The molecule has 73 valence electrons. The average Bonchev–Trinajstić information content (AvgIpc) is 2.09. The first-order chi connectivity index (χ1) is 5.27. The van der Waals surface area contributed by atoms with E-state index in [-0.39, 0.29) is 40.1 Å². The number of rotatable bonds is 1. The van der Waals surface area contributed by atoms with Crippen LogP contribution in [0.1, 0.15) is 6.92 Å². The van der Waals surface area contributed by atoms with Gasteiger partial charge in [0.2, 0.25) is 0 Å². The smallest absolute Gasteiger partial charge is 0 e. The summed E-state index contributed by atoms with van der Waals surface area (Å²) in [6.45, 7) is 3.26. The second-order valence-corrected chi connectivity index (χ2v) is 2.55. The van der Waals surface area contributed by atoms with E-state index < -0.39 is 0 Å². The van der Waals surface area contributed by atoms with Crippen molar-refractivity contribution >= 4 is 0 Å². The van der Waals surface area contributed by atoms with Crippen LogP contribution in [0.2, 0.25) is 0 Å². The van der Waals surface area contributed by atoms with Crippen molar-refractivity contribution in [3.63, 3.8) is 0 Å². The minimum absolute atomic E-state index is 0. The van der Waals surface area contributed by atoms with Gasteiger partial charge in [-0.3, -0.25) is 0 Å². The van der Waals surface area contributed by atoms with Crippen molar-refractivity contribution in [1.29, 1.82) is 0 Å². The quantitative estimate of drug-likeness (QED) is 0.697. The van der Waals surface area contributed by atoms with Crippen LogP contribution in [0.25, 0.3) is 0 Å². The predicted molar refractivity (Wildman–Crippen MR) is 57.1 cm³/mol. The number of benzene rings is 1. The van der Waals surface area contributed by atoms with Crippen LogP contribution in [0.15, 0.2) is 36.4 Å². The van der Waals surface area contributed by atoms with Gasteiger partial charge < -0.3 is 12.3 Å².